The van der Waals surface area contributed by atoms with E-state index in [2.05, 4.69) is 23.9 Å². The Balaban J connectivity index is 2.02. The van der Waals surface area contributed by atoms with E-state index in [9.17, 15) is 4.79 Å². The largest absolute Gasteiger partial charge is 0.478 e. The third-order valence-corrected chi connectivity index (χ3v) is 4.10. The fourth-order valence-electron chi connectivity index (χ4n) is 1.83. The first-order valence-electron chi connectivity index (χ1n) is 5.99. The fraction of sp³-hybridized carbons (Fsp3) is 0.286. The molecule has 0 radical (unpaired) electrons. The Morgan fingerprint density at radius 3 is 2.63 bits per heavy atom. The molecule has 1 aromatic heterocycles. The van der Waals surface area contributed by atoms with Gasteiger partial charge in [0.05, 0.1) is 11.1 Å². The van der Waals surface area contributed by atoms with Crippen LogP contribution in [0.25, 0.3) is 0 Å². The number of nitrogens with zero attached hydrogens (tertiary/aromatic N) is 2. The van der Waals surface area contributed by atoms with Crippen LogP contribution < -0.4 is 0 Å². The standard InChI is InChI=1S/C14H16N2O2S/c1-10(13-7-15-9-19-13)16(2)8-11-3-5-12(6-4-11)14(17)18/h3-7,9-10H,8H2,1-2H3,(H,17,18). The lowest BCUT2D eigenvalue weighted by Crippen LogP contribution is -2.21. The van der Waals surface area contributed by atoms with Crippen molar-refractivity contribution in [1.29, 1.82) is 0 Å². The molecule has 1 N–H and O–H groups in total. The van der Waals surface area contributed by atoms with Crippen molar-refractivity contribution < 1.29 is 9.90 Å². The van der Waals surface area contributed by atoms with Crippen LogP contribution in [0.3, 0.4) is 0 Å². The molecule has 2 aromatic rings. The van der Waals surface area contributed by atoms with Gasteiger partial charge in [0, 0.05) is 23.7 Å². The molecule has 2 rings (SSSR count). The lowest BCUT2D eigenvalue weighted by atomic mass is 10.1. The third kappa shape index (κ3) is 3.39. The van der Waals surface area contributed by atoms with E-state index in [0.717, 1.165) is 12.1 Å². The molecule has 1 heterocycles. The average Bonchev–Trinajstić information content (AvgIpc) is 2.92. The van der Waals surface area contributed by atoms with Crippen molar-refractivity contribution in [2.24, 2.45) is 0 Å². The summed E-state index contributed by atoms with van der Waals surface area (Å²) in [6.07, 6.45) is 1.89. The summed E-state index contributed by atoms with van der Waals surface area (Å²) in [4.78, 5) is 18.3. The highest BCUT2D eigenvalue weighted by atomic mass is 32.1. The Morgan fingerprint density at radius 2 is 2.11 bits per heavy atom. The van der Waals surface area contributed by atoms with Crippen LogP contribution in [-0.4, -0.2) is 28.0 Å². The van der Waals surface area contributed by atoms with Crippen LogP contribution in [0.1, 0.15) is 33.8 Å². The van der Waals surface area contributed by atoms with Crippen LogP contribution in [0.4, 0.5) is 0 Å². The molecule has 0 amide bonds. The summed E-state index contributed by atoms with van der Waals surface area (Å²) < 4.78 is 0. The SMILES string of the molecule is CC(c1cncs1)N(C)Cc1ccc(C(=O)O)cc1. The number of hydrogen-bond donors (Lipinski definition) is 1. The van der Waals surface area contributed by atoms with Gasteiger partial charge in [-0.25, -0.2) is 4.79 Å². The molecule has 1 atom stereocenters. The van der Waals surface area contributed by atoms with E-state index in [1.54, 1.807) is 23.5 Å². The van der Waals surface area contributed by atoms with Gasteiger partial charge in [0.1, 0.15) is 0 Å². The Bertz CT molecular complexity index is 537. The zero-order valence-corrected chi connectivity index (χ0v) is 11.7. The van der Waals surface area contributed by atoms with Crippen LogP contribution in [0, 0.1) is 0 Å². The number of carbonyl (C=O) groups is 1. The summed E-state index contributed by atoms with van der Waals surface area (Å²) in [5.74, 6) is -0.891. The second-order valence-corrected chi connectivity index (χ2v) is 5.41. The molecular formula is C14H16N2O2S. The lowest BCUT2D eigenvalue weighted by molar-refractivity contribution is 0.0697. The highest BCUT2D eigenvalue weighted by Gasteiger charge is 2.13. The van der Waals surface area contributed by atoms with Gasteiger partial charge in [0.15, 0.2) is 0 Å². The van der Waals surface area contributed by atoms with Crippen molar-refractivity contribution in [3.63, 3.8) is 0 Å². The fourth-order valence-corrected chi connectivity index (χ4v) is 2.57. The van der Waals surface area contributed by atoms with Crippen LogP contribution in [0.15, 0.2) is 36.0 Å². The van der Waals surface area contributed by atoms with E-state index in [0.29, 0.717) is 11.6 Å². The molecule has 0 saturated carbocycles. The molecular weight excluding hydrogens is 260 g/mol. The van der Waals surface area contributed by atoms with Crippen molar-refractivity contribution in [2.45, 2.75) is 19.5 Å². The third-order valence-electron chi connectivity index (χ3n) is 3.16. The van der Waals surface area contributed by atoms with Crippen LogP contribution in [0.2, 0.25) is 0 Å². The second-order valence-electron chi connectivity index (χ2n) is 4.50. The molecule has 4 nitrogen and oxygen atoms in total. The number of thiazole rings is 1. The number of aromatic nitrogens is 1. The summed E-state index contributed by atoms with van der Waals surface area (Å²) in [5.41, 5.74) is 3.26. The minimum atomic E-state index is -0.891. The quantitative estimate of drug-likeness (QED) is 0.912. The van der Waals surface area contributed by atoms with Crippen LogP contribution in [0.5, 0.6) is 0 Å². The van der Waals surface area contributed by atoms with E-state index in [-0.39, 0.29) is 0 Å². The van der Waals surface area contributed by atoms with Gasteiger partial charge in [-0.2, -0.15) is 0 Å². The molecule has 19 heavy (non-hydrogen) atoms. The summed E-state index contributed by atoms with van der Waals surface area (Å²) in [5, 5.41) is 8.85. The van der Waals surface area contributed by atoms with Crippen LogP contribution in [-0.2, 0) is 6.54 Å². The van der Waals surface area contributed by atoms with Crippen molar-refractivity contribution in [3.8, 4) is 0 Å². The predicted octanol–water partition coefficient (Wildman–Crippen LogP) is 3.03. The molecule has 0 fully saturated rings. The molecule has 1 aromatic carbocycles. The molecule has 5 heteroatoms. The first-order chi connectivity index (χ1) is 9.08. The van der Waals surface area contributed by atoms with Gasteiger partial charge in [0.2, 0.25) is 0 Å². The summed E-state index contributed by atoms with van der Waals surface area (Å²) in [6, 6.07) is 7.30. The molecule has 1 unspecified atom stereocenters. The van der Waals surface area contributed by atoms with Gasteiger partial charge in [0.25, 0.3) is 0 Å². The Hall–Kier alpha value is -1.72. The predicted molar refractivity (Wildman–Crippen MR) is 75.4 cm³/mol. The highest BCUT2D eigenvalue weighted by Crippen LogP contribution is 2.23. The molecule has 0 saturated heterocycles. The van der Waals surface area contributed by atoms with Gasteiger partial charge in [-0.1, -0.05) is 12.1 Å². The van der Waals surface area contributed by atoms with E-state index in [1.165, 1.54) is 4.88 Å². The van der Waals surface area contributed by atoms with Crippen molar-refractivity contribution in [1.82, 2.24) is 9.88 Å². The first kappa shape index (κ1) is 13.7. The van der Waals surface area contributed by atoms with Crippen molar-refractivity contribution >= 4 is 17.3 Å². The number of carboxylic acids is 1. The van der Waals surface area contributed by atoms with E-state index >= 15 is 0 Å². The smallest absolute Gasteiger partial charge is 0.335 e. The summed E-state index contributed by atoms with van der Waals surface area (Å²) >= 11 is 1.65. The number of hydrogen-bond acceptors (Lipinski definition) is 4. The van der Waals surface area contributed by atoms with Crippen molar-refractivity contribution in [3.05, 3.63) is 52.0 Å². The lowest BCUT2D eigenvalue weighted by Gasteiger charge is -2.23. The van der Waals surface area contributed by atoms with Crippen molar-refractivity contribution in [2.75, 3.05) is 7.05 Å². The molecule has 0 aliphatic rings. The Labute approximate surface area is 116 Å². The number of benzene rings is 1. The van der Waals surface area contributed by atoms with Gasteiger partial charge < -0.3 is 5.11 Å². The topological polar surface area (TPSA) is 53.4 Å². The Kier molecular flexibility index (Phi) is 4.29. The summed E-state index contributed by atoms with van der Waals surface area (Å²) in [6.45, 7) is 2.91. The minimum absolute atomic E-state index is 0.298. The maximum absolute atomic E-state index is 10.8. The van der Waals surface area contributed by atoms with Crippen LogP contribution >= 0.6 is 11.3 Å². The number of carboxylic acid groups (broad SMARTS) is 1. The minimum Gasteiger partial charge on any atom is -0.478 e. The molecule has 0 bridgehead atoms. The molecule has 0 aliphatic heterocycles. The second kappa shape index (κ2) is 5.95. The molecule has 100 valence electrons. The Morgan fingerprint density at radius 1 is 1.42 bits per heavy atom. The first-order valence-corrected chi connectivity index (χ1v) is 6.86. The zero-order valence-electron chi connectivity index (χ0n) is 10.9. The van der Waals surface area contributed by atoms with Gasteiger partial charge >= 0.3 is 5.97 Å². The maximum atomic E-state index is 10.8. The van der Waals surface area contributed by atoms with E-state index in [4.69, 9.17) is 5.11 Å². The monoisotopic (exact) mass is 276 g/mol. The number of aromatic carboxylic acids is 1. The number of rotatable bonds is 5. The molecule has 0 spiro atoms. The molecule has 0 aliphatic carbocycles. The van der Waals surface area contributed by atoms with Gasteiger partial charge in [-0.15, -0.1) is 11.3 Å². The van der Waals surface area contributed by atoms with E-state index in [1.807, 2.05) is 23.8 Å². The highest BCUT2D eigenvalue weighted by molar-refractivity contribution is 7.09. The summed E-state index contributed by atoms with van der Waals surface area (Å²) in [7, 11) is 2.05. The van der Waals surface area contributed by atoms with E-state index < -0.39 is 5.97 Å². The normalized spacial score (nSPS) is 12.6. The maximum Gasteiger partial charge on any atom is 0.335 e. The van der Waals surface area contributed by atoms with Gasteiger partial charge in [-0.3, -0.25) is 9.88 Å². The zero-order chi connectivity index (χ0) is 13.8. The van der Waals surface area contributed by atoms with Gasteiger partial charge in [-0.05, 0) is 31.7 Å². The average molecular weight is 276 g/mol.